The first kappa shape index (κ1) is 9.33. The number of hydrogen-bond donors (Lipinski definition) is 1. The van der Waals surface area contributed by atoms with E-state index in [4.69, 9.17) is 0 Å². The Hall–Kier alpha value is -0.230. The summed E-state index contributed by atoms with van der Waals surface area (Å²) in [7, 11) is 0. The van der Waals surface area contributed by atoms with Crippen LogP contribution in [0.25, 0.3) is 0 Å². The predicted molar refractivity (Wildman–Crippen MR) is 59.3 cm³/mol. The third kappa shape index (κ3) is 2.37. The van der Waals surface area contributed by atoms with E-state index in [1.165, 1.54) is 19.3 Å². The molecule has 0 bridgehead atoms. The summed E-state index contributed by atoms with van der Waals surface area (Å²) in [6.45, 7) is 1.10. The van der Waals surface area contributed by atoms with Crippen molar-refractivity contribution in [2.45, 2.75) is 25.3 Å². The van der Waals surface area contributed by atoms with Crippen LogP contribution in [0.1, 0.15) is 31.1 Å². The van der Waals surface area contributed by atoms with Gasteiger partial charge in [0.1, 0.15) is 5.82 Å². The van der Waals surface area contributed by atoms with Crippen LogP contribution in [0.4, 0.5) is 0 Å². The standard InChI is InChI=1S/C9H12IN3/c10-7-5-12-9(13-6-7)8-3-1-2-4-11-8/h5-6,8,11H,1-4H2. The van der Waals surface area contributed by atoms with Gasteiger partial charge in [-0.1, -0.05) is 6.42 Å². The molecule has 3 nitrogen and oxygen atoms in total. The highest BCUT2D eigenvalue weighted by Crippen LogP contribution is 2.19. The van der Waals surface area contributed by atoms with E-state index in [1.807, 2.05) is 12.4 Å². The number of aromatic nitrogens is 2. The minimum Gasteiger partial charge on any atom is -0.307 e. The molecule has 70 valence electrons. The van der Waals surface area contributed by atoms with Crippen LogP contribution in [0.15, 0.2) is 12.4 Å². The Kier molecular flexibility index (Phi) is 3.10. The Balaban J connectivity index is 2.10. The topological polar surface area (TPSA) is 37.8 Å². The summed E-state index contributed by atoms with van der Waals surface area (Å²) in [5.74, 6) is 0.945. The summed E-state index contributed by atoms with van der Waals surface area (Å²) in [5, 5.41) is 3.43. The van der Waals surface area contributed by atoms with Gasteiger partial charge in [-0.25, -0.2) is 9.97 Å². The average molecular weight is 289 g/mol. The van der Waals surface area contributed by atoms with Gasteiger partial charge < -0.3 is 5.32 Å². The molecule has 1 aromatic rings. The Morgan fingerprint density at radius 3 is 2.69 bits per heavy atom. The molecule has 1 atom stereocenters. The summed E-state index contributed by atoms with van der Waals surface area (Å²) >= 11 is 2.22. The number of nitrogens with zero attached hydrogens (tertiary/aromatic N) is 2. The first-order chi connectivity index (χ1) is 6.36. The lowest BCUT2D eigenvalue weighted by Crippen LogP contribution is -2.28. The lowest BCUT2D eigenvalue weighted by atomic mass is 10.0. The quantitative estimate of drug-likeness (QED) is 0.802. The largest absolute Gasteiger partial charge is 0.307 e. The first-order valence-electron chi connectivity index (χ1n) is 4.57. The maximum atomic E-state index is 4.32. The number of piperidine rings is 1. The number of rotatable bonds is 1. The molecule has 2 heterocycles. The van der Waals surface area contributed by atoms with E-state index in [0.29, 0.717) is 6.04 Å². The van der Waals surface area contributed by atoms with E-state index in [9.17, 15) is 0 Å². The van der Waals surface area contributed by atoms with Gasteiger partial charge in [-0.2, -0.15) is 0 Å². The molecule has 0 amide bonds. The second kappa shape index (κ2) is 4.32. The smallest absolute Gasteiger partial charge is 0.145 e. The lowest BCUT2D eigenvalue weighted by Gasteiger charge is -2.21. The fraction of sp³-hybridized carbons (Fsp3) is 0.556. The summed E-state index contributed by atoms with van der Waals surface area (Å²) < 4.78 is 1.09. The van der Waals surface area contributed by atoms with Gasteiger partial charge in [0.05, 0.1) is 6.04 Å². The second-order valence-electron chi connectivity index (χ2n) is 3.26. The van der Waals surface area contributed by atoms with Gasteiger partial charge in [0.15, 0.2) is 0 Å². The molecule has 1 fully saturated rings. The Labute approximate surface area is 91.5 Å². The molecule has 0 aromatic carbocycles. The van der Waals surface area contributed by atoms with E-state index in [2.05, 4.69) is 37.9 Å². The van der Waals surface area contributed by atoms with Gasteiger partial charge in [0.2, 0.25) is 0 Å². The van der Waals surface area contributed by atoms with E-state index in [0.717, 1.165) is 15.9 Å². The molecule has 4 heteroatoms. The monoisotopic (exact) mass is 289 g/mol. The van der Waals surface area contributed by atoms with Gasteiger partial charge in [0, 0.05) is 16.0 Å². The molecule has 0 saturated carbocycles. The third-order valence-electron chi connectivity index (χ3n) is 2.26. The van der Waals surface area contributed by atoms with Crippen LogP contribution in [0, 0.1) is 3.57 Å². The van der Waals surface area contributed by atoms with Crippen molar-refractivity contribution in [2.75, 3.05) is 6.54 Å². The van der Waals surface area contributed by atoms with Crippen LogP contribution in [0.5, 0.6) is 0 Å². The molecule has 0 radical (unpaired) electrons. The molecular weight excluding hydrogens is 277 g/mol. The summed E-state index contributed by atoms with van der Waals surface area (Å²) in [6.07, 6.45) is 7.48. The zero-order valence-corrected chi connectivity index (χ0v) is 9.49. The fourth-order valence-electron chi connectivity index (χ4n) is 1.57. The minimum absolute atomic E-state index is 0.380. The van der Waals surface area contributed by atoms with E-state index >= 15 is 0 Å². The van der Waals surface area contributed by atoms with Gasteiger partial charge in [0.25, 0.3) is 0 Å². The lowest BCUT2D eigenvalue weighted by molar-refractivity contribution is 0.397. The molecule has 1 aliphatic rings. The number of halogens is 1. The zero-order chi connectivity index (χ0) is 9.10. The average Bonchev–Trinajstić information content (AvgIpc) is 2.20. The maximum absolute atomic E-state index is 4.32. The molecule has 1 aliphatic heterocycles. The number of hydrogen-bond acceptors (Lipinski definition) is 3. The SMILES string of the molecule is Ic1cnc(C2CCCCN2)nc1. The second-order valence-corrected chi connectivity index (χ2v) is 4.51. The molecule has 1 saturated heterocycles. The third-order valence-corrected chi connectivity index (χ3v) is 2.82. The summed E-state index contributed by atoms with van der Waals surface area (Å²) in [4.78, 5) is 8.64. The molecule has 13 heavy (non-hydrogen) atoms. The van der Waals surface area contributed by atoms with Crippen molar-refractivity contribution in [3.8, 4) is 0 Å². The fourth-order valence-corrected chi connectivity index (χ4v) is 1.85. The van der Waals surface area contributed by atoms with Gasteiger partial charge >= 0.3 is 0 Å². The van der Waals surface area contributed by atoms with Crippen LogP contribution in [-0.4, -0.2) is 16.5 Å². The number of nitrogens with one attached hydrogen (secondary N) is 1. The van der Waals surface area contributed by atoms with Crippen LogP contribution < -0.4 is 5.32 Å². The van der Waals surface area contributed by atoms with Gasteiger partial charge in [-0.15, -0.1) is 0 Å². The molecule has 1 N–H and O–H groups in total. The van der Waals surface area contributed by atoms with Gasteiger partial charge in [-0.05, 0) is 42.0 Å². The van der Waals surface area contributed by atoms with E-state index in [1.54, 1.807) is 0 Å². The highest BCUT2D eigenvalue weighted by atomic mass is 127. The molecule has 1 aromatic heterocycles. The van der Waals surface area contributed by atoms with Crippen molar-refractivity contribution in [2.24, 2.45) is 0 Å². The van der Waals surface area contributed by atoms with Crippen LogP contribution >= 0.6 is 22.6 Å². The van der Waals surface area contributed by atoms with E-state index in [-0.39, 0.29) is 0 Å². The van der Waals surface area contributed by atoms with Gasteiger partial charge in [-0.3, -0.25) is 0 Å². The molecule has 1 unspecified atom stereocenters. The highest BCUT2D eigenvalue weighted by molar-refractivity contribution is 14.1. The van der Waals surface area contributed by atoms with Crippen molar-refractivity contribution in [1.82, 2.24) is 15.3 Å². The summed E-state index contributed by atoms with van der Waals surface area (Å²) in [5.41, 5.74) is 0. The van der Waals surface area contributed by atoms with Crippen molar-refractivity contribution in [3.63, 3.8) is 0 Å². The molecular formula is C9H12IN3. The molecule has 0 aliphatic carbocycles. The van der Waals surface area contributed by atoms with Crippen molar-refractivity contribution in [3.05, 3.63) is 21.8 Å². The maximum Gasteiger partial charge on any atom is 0.145 e. The predicted octanol–water partition coefficient (Wildman–Crippen LogP) is 1.90. The molecule has 0 spiro atoms. The van der Waals surface area contributed by atoms with Crippen molar-refractivity contribution < 1.29 is 0 Å². The van der Waals surface area contributed by atoms with Crippen molar-refractivity contribution >= 4 is 22.6 Å². The minimum atomic E-state index is 0.380. The van der Waals surface area contributed by atoms with Crippen molar-refractivity contribution in [1.29, 1.82) is 0 Å². The first-order valence-corrected chi connectivity index (χ1v) is 5.65. The van der Waals surface area contributed by atoms with E-state index < -0.39 is 0 Å². The summed E-state index contributed by atoms with van der Waals surface area (Å²) in [6, 6.07) is 0.380. The highest BCUT2D eigenvalue weighted by Gasteiger charge is 2.16. The van der Waals surface area contributed by atoms with Crippen LogP contribution in [-0.2, 0) is 0 Å². The molecule has 2 rings (SSSR count). The van der Waals surface area contributed by atoms with Crippen LogP contribution in [0.2, 0.25) is 0 Å². The zero-order valence-electron chi connectivity index (χ0n) is 7.33. The van der Waals surface area contributed by atoms with Crippen LogP contribution in [0.3, 0.4) is 0 Å². The Morgan fingerprint density at radius 2 is 2.08 bits per heavy atom. The normalized spacial score (nSPS) is 23.0. The Bertz CT molecular complexity index is 267. The Morgan fingerprint density at radius 1 is 1.31 bits per heavy atom.